The van der Waals surface area contributed by atoms with Gasteiger partial charge in [-0.05, 0) is 29.7 Å². The summed E-state index contributed by atoms with van der Waals surface area (Å²) in [6, 6.07) is 4.13. The van der Waals surface area contributed by atoms with Gasteiger partial charge in [0, 0.05) is 0 Å². The zero-order chi connectivity index (χ0) is 18.7. The van der Waals surface area contributed by atoms with Gasteiger partial charge in [-0.25, -0.2) is 0 Å². The van der Waals surface area contributed by atoms with Gasteiger partial charge in [0.2, 0.25) is 0 Å². The highest BCUT2D eigenvalue weighted by Crippen LogP contribution is 2.36. The number of thioether (sulfide) groups is 1. The van der Waals surface area contributed by atoms with E-state index in [0.717, 1.165) is 16.7 Å². The highest BCUT2D eigenvalue weighted by molar-refractivity contribution is 8.26. The van der Waals surface area contributed by atoms with Crippen LogP contribution in [0, 0.1) is 5.92 Å². The van der Waals surface area contributed by atoms with Crippen molar-refractivity contribution in [2.75, 3.05) is 14.2 Å². The molecule has 0 radical (unpaired) electrons. The third kappa shape index (κ3) is 3.96. The van der Waals surface area contributed by atoms with Gasteiger partial charge in [-0.1, -0.05) is 43.9 Å². The highest BCUT2D eigenvalue weighted by atomic mass is 32.2. The molecule has 0 saturated carbocycles. The van der Waals surface area contributed by atoms with E-state index in [0.29, 0.717) is 22.0 Å². The lowest BCUT2D eigenvalue weighted by Crippen LogP contribution is -2.52. The minimum atomic E-state index is -1.32. The van der Waals surface area contributed by atoms with Crippen LogP contribution in [0.1, 0.15) is 19.4 Å². The van der Waals surface area contributed by atoms with E-state index in [1.54, 1.807) is 38.1 Å². The Kier molecular flexibility index (Phi) is 6.07. The number of aliphatic carboxylic acids is 1. The van der Waals surface area contributed by atoms with Gasteiger partial charge in [-0.2, -0.15) is 0 Å². The smallest absolute Gasteiger partial charge is 0.266 e. The summed E-state index contributed by atoms with van der Waals surface area (Å²) in [6.07, 6.45) is 1.65. The Bertz CT molecular complexity index is 745. The lowest BCUT2D eigenvalue weighted by Gasteiger charge is -2.30. The second-order valence-electron chi connectivity index (χ2n) is 5.67. The van der Waals surface area contributed by atoms with Crippen LogP contribution < -0.4 is 14.6 Å². The van der Waals surface area contributed by atoms with Crippen LogP contribution in [0.2, 0.25) is 0 Å². The summed E-state index contributed by atoms with van der Waals surface area (Å²) >= 11 is 6.27. The molecule has 1 heterocycles. The fraction of sp³-hybridized carbons (Fsp3) is 0.353. The van der Waals surface area contributed by atoms with Gasteiger partial charge in [0.25, 0.3) is 5.91 Å². The molecule has 0 N–H and O–H groups in total. The van der Waals surface area contributed by atoms with E-state index >= 15 is 0 Å². The first kappa shape index (κ1) is 19.3. The second-order valence-corrected chi connectivity index (χ2v) is 7.35. The summed E-state index contributed by atoms with van der Waals surface area (Å²) in [5, 5.41) is 11.4. The van der Waals surface area contributed by atoms with E-state index < -0.39 is 17.9 Å². The third-order valence-corrected chi connectivity index (χ3v) is 5.01. The molecule has 0 unspecified atom stereocenters. The van der Waals surface area contributed by atoms with E-state index in [-0.39, 0.29) is 10.2 Å². The summed E-state index contributed by atoms with van der Waals surface area (Å²) in [7, 11) is 3.06. The molecule has 134 valence electrons. The molecule has 1 atom stereocenters. The van der Waals surface area contributed by atoms with Crippen LogP contribution in [0.15, 0.2) is 23.1 Å². The van der Waals surface area contributed by atoms with Crippen molar-refractivity contribution in [3.63, 3.8) is 0 Å². The molecule has 1 amide bonds. The van der Waals surface area contributed by atoms with Crippen LogP contribution in [-0.2, 0) is 9.59 Å². The lowest BCUT2D eigenvalue weighted by atomic mass is 10.0. The molecule has 8 heteroatoms. The summed E-state index contributed by atoms with van der Waals surface area (Å²) < 4.78 is 10.6. The quantitative estimate of drug-likeness (QED) is 0.549. The first-order valence-electron chi connectivity index (χ1n) is 7.50. The van der Waals surface area contributed by atoms with Gasteiger partial charge in [0.05, 0.1) is 31.1 Å². The number of rotatable bonds is 6. The van der Waals surface area contributed by atoms with E-state index in [9.17, 15) is 14.7 Å². The minimum Gasteiger partial charge on any atom is -0.548 e. The molecule has 1 aromatic carbocycles. The normalized spacial score (nSPS) is 17.3. The SMILES string of the molecule is COc1ccc(/C=C2\SC(=S)N([C@H](C(=O)[O-])C(C)C)C2=O)cc1OC. The average molecular weight is 380 g/mol. The van der Waals surface area contributed by atoms with Crippen LogP contribution in [0.3, 0.4) is 0 Å². The number of carboxylic acid groups (broad SMARTS) is 1. The molecule has 1 aliphatic heterocycles. The Hall–Kier alpha value is -2.06. The molecule has 0 aliphatic carbocycles. The van der Waals surface area contributed by atoms with E-state index in [4.69, 9.17) is 21.7 Å². The topological polar surface area (TPSA) is 78.9 Å². The number of carbonyl (C=O) groups excluding carboxylic acids is 2. The molecular formula is C17H18NO5S2-. The molecule has 1 fully saturated rings. The van der Waals surface area contributed by atoms with Crippen molar-refractivity contribution in [2.45, 2.75) is 19.9 Å². The predicted molar refractivity (Wildman–Crippen MR) is 98.2 cm³/mol. The molecule has 25 heavy (non-hydrogen) atoms. The minimum absolute atomic E-state index is 0.208. The molecule has 0 aromatic heterocycles. The zero-order valence-electron chi connectivity index (χ0n) is 14.3. The molecule has 2 rings (SSSR count). The van der Waals surface area contributed by atoms with Crippen molar-refractivity contribution in [2.24, 2.45) is 5.92 Å². The van der Waals surface area contributed by atoms with Gasteiger partial charge in [0.15, 0.2) is 11.5 Å². The number of hydrogen-bond acceptors (Lipinski definition) is 7. The number of carboxylic acids is 1. The average Bonchev–Trinajstić information content (AvgIpc) is 2.82. The van der Waals surface area contributed by atoms with Gasteiger partial charge >= 0.3 is 0 Å². The van der Waals surface area contributed by atoms with Crippen LogP contribution >= 0.6 is 24.0 Å². The number of carbonyl (C=O) groups is 2. The number of benzene rings is 1. The van der Waals surface area contributed by atoms with Crippen LogP contribution in [0.25, 0.3) is 6.08 Å². The Balaban J connectivity index is 2.36. The van der Waals surface area contributed by atoms with Gasteiger partial charge in [-0.15, -0.1) is 0 Å². The van der Waals surface area contributed by atoms with Crippen molar-refractivity contribution in [3.8, 4) is 11.5 Å². The number of methoxy groups -OCH3 is 2. The molecule has 0 spiro atoms. The standard InChI is InChI=1S/C17H19NO5S2/c1-9(2)14(16(20)21)18-15(19)13(25-17(18)24)8-10-5-6-11(22-3)12(7-10)23-4/h5-9,14H,1-4H3,(H,20,21)/p-1/b13-8-/t14-/m0/s1. The molecule has 1 aliphatic rings. The summed E-state index contributed by atoms with van der Waals surface area (Å²) in [5.74, 6) is -0.982. The van der Waals surface area contributed by atoms with Gasteiger partial charge in [0.1, 0.15) is 4.32 Å². The monoisotopic (exact) mass is 380 g/mol. The Morgan fingerprint density at radius 2 is 1.92 bits per heavy atom. The maximum Gasteiger partial charge on any atom is 0.266 e. The summed E-state index contributed by atoms with van der Waals surface area (Å²) in [6.45, 7) is 3.41. The van der Waals surface area contributed by atoms with Crippen LogP contribution in [0.5, 0.6) is 11.5 Å². The van der Waals surface area contributed by atoms with Gasteiger partial charge in [-0.3, -0.25) is 9.69 Å². The third-order valence-electron chi connectivity index (χ3n) is 3.68. The Labute approximate surface area is 155 Å². The zero-order valence-corrected chi connectivity index (χ0v) is 15.9. The van der Waals surface area contributed by atoms with Crippen LogP contribution in [0.4, 0.5) is 0 Å². The first-order chi connectivity index (χ1) is 11.8. The molecule has 1 saturated heterocycles. The summed E-state index contributed by atoms with van der Waals surface area (Å²) in [5.41, 5.74) is 0.715. The lowest BCUT2D eigenvalue weighted by molar-refractivity contribution is -0.311. The van der Waals surface area contributed by atoms with Crippen molar-refractivity contribution in [1.82, 2.24) is 4.90 Å². The number of ether oxygens (including phenoxy) is 2. The Morgan fingerprint density at radius 1 is 1.28 bits per heavy atom. The predicted octanol–water partition coefficient (Wildman–Crippen LogP) is 1.68. The maximum absolute atomic E-state index is 12.7. The molecular weight excluding hydrogens is 362 g/mol. The van der Waals surface area contributed by atoms with E-state index in [2.05, 4.69) is 0 Å². The number of nitrogens with zero attached hydrogens (tertiary/aromatic N) is 1. The Morgan fingerprint density at radius 3 is 2.44 bits per heavy atom. The van der Waals surface area contributed by atoms with Crippen molar-refractivity contribution < 1.29 is 24.2 Å². The van der Waals surface area contributed by atoms with Gasteiger partial charge < -0.3 is 19.4 Å². The fourth-order valence-electron chi connectivity index (χ4n) is 2.49. The molecule has 6 nitrogen and oxygen atoms in total. The summed E-state index contributed by atoms with van der Waals surface area (Å²) in [4.78, 5) is 25.5. The highest BCUT2D eigenvalue weighted by Gasteiger charge is 2.39. The first-order valence-corrected chi connectivity index (χ1v) is 8.72. The van der Waals surface area contributed by atoms with E-state index in [1.807, 2.05) is 0 Å². The fourth-order valence-corrected chi connectivity index (χ4v) is 3.82. The van der Waals surface area contributed by atoms with Crippen molar-refractivity contribution in [3.05, 3.63) is 28.7 Å². The largest absolute Gasteiger partial charge is 0.548 e. The molecule has 0 bridgehead atoms. The maximum atomic E-state index is 12.7. The van der Waals surface area contributed by atoms with Crippen molar-refractivity contribution >= 4 is 46.3 Å². The number of hydrogen-bond donors (Lipinski definition) is 0. The number of amides is 1. The second kappa shape index (κ2) is 7.88. The molecule has 1 aromatic rings. The number of thiocarbonyl (C=S) groups is 1. The van der Waals surface area contributed by atoms with Crippen molar-refractivity contribution in [1.29, 1.82) is 0 Å². The van der Waals surface area contributed by atoms with Crippen LogP contribution in [-0.4, -0.2) is 41.4 Å². The van der Waals surface area contributed by atoms with E-state index in [1.165, 1.54) is 14.2 Å².